The minimum absolute atomic E-state index is 0.159. The topological polar surface area (TPSA) is 65.4 Å². The predicted octanol–water partition coefficient (Wildman–Crippen LogP) is 3.27. The second-order valence-electron chi connectivity index (χ2n) is 4.78. The zero-order chi connectivity index (χ0) is 16.6. The van der Waals surface area contributed by atoms with Gasteiger partial charge in [0.25, 0.3) is 10.0 Å². The van der Waals surface area contributed by atoms with Crippen LogP contribution in [-0.4, -0.2) is 25.5 Å². The third-order valence-electron chi connectivity index (χ3n) is 3.45. The van der Waals surface area contributed by atoms with Gasteiger partial charge in [-0.05, 0) is 46.9 Å². The van der Waals surface area contributed by atoms with E-state index in [4.69, 9.17) is 4.74 Å². The second kappa shape index (κ2) is 5.97. The summed E-state index contributed by atoms with van der Waals surface area (Å²) in [6.45, 7) is 0. The maximum absolute atomic E-state index is 12.9. The molecule has 0 radical (unpaired) electrons. The van der Waals surface area contributed by atoms with Crippen molar-refractivity contribution in [1.82, 2.24) is 3.97 Å². The number of rotatable bonds is 3. The van der Waals surface area contributed by atoms with Crippen LogP contribution >= 0.6 is 22.6 Å². The van der Waals surface area contributed by atoms with Crippen LogP contribution in [0.1, 0.15) is 10.4 Å². The molecule has 0 fully saturated rings. The van der Waals surface area contributed by atoms with Crippen molar-refractivity contribution in [2.75, 3.05) is 7.11 Å². The number of esters is 1. The molecule has 0 bridgehead atoms. The minimum Gasteiger partial charge on any atom is -0.465 e. The van der Waals surface area contributed by atoms with Gasteiger partial charge in [-0.3, -0.25) is 0 Å². The first-order chi connectivity index (χ1) is 11.0. The van der Waals surface area contributed by atoms with Crippen LogP contribution in [0.3, 0.4) is 0 Å². The van der Waals surface area contributed by atoms with Gasteiger partial charge in [0.1, 0.15) is 0 Å². The molecular weight excluding hydrogens is 429 g/mol. The van der Waals surface area contributed by atoms with Crippen molar-refractivity contribution in [2.45, 2.75) is 4.90 Å². The van der Waals surface area contributed by atoms with E-state index in [1.165, 1.54) is 25.4 Å². The SMILES string of the molecule is COC(=O)c1cn(S(=O)(=O)c2ccccc2)c2cccc(I)c12. The number of ether oxygens (including phenoxy) is 1. The zero-order valence-electron chi connectivity index (χ0n) is 12.1. The molecule has 7 heteroatoms. The van der Waals surface area contributed by atoms with Crippen LogP contribution < -0.4 is 0 Å². The van der Waals surface area contributed by atoms with Crippen LogP contribution in [-0.2, 0) is 14.8 Å². The molecule has 0 aliphatic carbocycles. The van der Waals surface area contributed by atoms with E-state index in [9.17, 15) is 13.2 Å². The lowest BCUT2D eigenvalue weighted by Gasteiger charge is -2.07. The van der Waals surface area contributed by atoms with Crippen molar-refractivity contribution in [2.24, 2.45) is 0 Å². The number of benzene rings is 2. The molecule has 1 aromatic heterocycles. The number of carbonyl (C=O) groups is 1. The zero-order valence-corrected chi connectivity index (χ0v) is 15.0. The number of halogens is 1. The van der Waals surface area contributed by atoms with Gasteiger partial charge in [-0.1, -0.05) is 24.3 Å². The van der Waals surface area contributed by atoms with E-state index in [1.807, 2.05) is 6.07 Å². The van der Waals surface area contributed by atoms with E-state index >= 15 is 0 Å². The number of fused-ring (bicyclic) bond motifs is 1. The molecule has 0 amide bonds. The fourth-order valence-electron chi connectivity index (χ4n) is 2.38. The molecule has 0 aliphatic rings. The Morgan fingerprint density at radius 1 is 1.09 bits per heavy atom. The third-order valence-corrected chi connectivity index (χ3v) is 6.04. The number of aromatic nitrogens is 1. The van der Waals surface area contributed by atoms with Crippen LogP contribution in [0.15, 0.2) is 59.6 Å². The summed E-state index contributed by atoms with van der Waals surface area (Å²) in [5.41, 5.74) is 0.674. The average Bonchev–Trinajstić information content (AvgIpc) is 2.97. The van der Waals surface area contributed by atoms with E-state index in [0.717, 1.165) is 7.54 Å². The van der Waals surface area contributed by atoms with Crippen molar-refractivity contribution in [1.29, 1.82) is 0 Å². The summed E-state index contributed by atoms with van der Waals surface area (Å²) in [5.74, 6) is -0.568. The highest BCUT2D eigenvalue weighted by atomic mass is 127. The Balaban J connectivity index is 2.36. The van der Waals surface area contributed by atoms with Crippen molar-refractivity contribution in [3.63, 3.8) is 0 Å². The van der Waals surface area contributed by atoms with Gasteiger partial charge in [0, 0.05) is 15.2 Å². The molecule has 1 heterocycles. The highest BCUT2D eigenvalue weighted by molar-refractivity contribution is 14.1. The first-order valence-electron chi connectivity index (χ1n) is 6.65. The summed E-state index contributed by atoms with van der Waals surface area (Å²) in [5, 5.41) is 0.569. The Kier molecular flexibility index (Phi) is 4.15. The first-order valence-corrected chi connectivity index (χ1v) is 9.17. The molecule has 0 saturated carbocycles. The van der Waals surface area contributed by atoms with Gasteiger partial charge in [-0.15, -0.1) is 0 Å². The number of carbonyl (C=O) groups excluding carboxylic acids is 1. The quantitative estimate of drug-likeness (QED) is 0.463. The van der Waals surface area contributed by atoms with Crippen molar-refractivity contribution in [3.8, 4) is 0 Å². The Morgan fingerprint density at radius 3 is 2.43 bits per heavy atom. The van der Waals surface area contributed by atoms with Crippen LogP contribution in [0.4, 0.5) is 0 Å². The molecule has 3 rings (SSSR count). The smallest absolute Gasteiger partial charge is 0.340 e. The fourth-order valence-corrected chi connectivity index (χ4v) is 4.54. The van der Waals surface area contributed by atoms with E-state index in [-0.39, 0.29) is 10.5 Å². The van der Waals surface area contributed by atoms with E-state index in [2.05, 4.69) is 22.6 Å². The standard InChI is InChI=1S/C16H12INO4S/c1-22-16(19)12-10-18(14-9-5-8-13(17)15(12)14)23(20,21)11-6-3-2-4-7-11/h2-10H,1H3. The minimum atomic E-state index is -3.80. The Labute approximate surface area is 147 Å². The summed E-state index contributed by atoms with van der Waals surface area (Å²) >= 11 is 2.07. The van der Waals surface area contributed by atoms with Crippen molar-refractivity contribution >= 4 is 49.5 Å². The predicted molar refractivity (Wildman–Crippen MR) is 95.0 cm³/mol. The Morgan fingerprint density at radius 2 is 1.78 bits per heavy atom. The highest BCUT2D eigenvalue weighted by Crippen LogP contribution is 2.30. The molecule has 118 valence electrons. The van der Waals surface area contributed by atoms with Gasteiger partial charge in [0.05, 0.1) is 23.1 Å². The molecule has 0 spiro atoms. The molecule has 0 atom stereocenters. The highest BCUT2D eigenvalue weighted by Gasteiger charge is 2.24. The fraction of sp³-hybridized carbons (Fsp3) is 0.0625. The van der Waals surface area contributed by atoms with E-state index < -0.39 is 16.0 Å². The Hall–Kier alpha value is -1.87. The van der Waals surface area contributed by atoms with Gasteiger partial charge in [0.15, 0.2) is 0 Å². The molecular formula is C16H12INO4S. The van der Waals surface area contributed by atoms with Gasteiger partial charge in [-0.2, -0.15) is 0 Å². The second-order valence-corrected chi connectivity index (χ2v) is 7.76. The number of hydrogen-bond acceptors (Lipinski definition) is 4. The van der Waals surface area contributed by atoms with Crippen LogP contribution in [0.2, 0.25) is 0 Å². The lowest BCUT2D eigenvalue weighted by molar-refractivity contribution is 0.0603. The van der Waals surface area contributed by atoms with Gasteiger partial charge in [-0.25, -0.2) is 17.2 Å². The number of methoxy groups -OCH3 is 1. The van der Waals surface area contributed by atoms with Gasteiger partial charge >= 0.3 is 5.97 Å². The number of hydrogen-bond donors (Lipinski definition) is 0. The molecule has 0 aliphatic heterocycles. The monoisotopic (exact) mass is 441 g/mol. The molecule has 0 N–H and O–H groups in total. The average molecular weight is 441 g/mol. The van der Waals surface area contributed by atoms with Crippen LogP contribution in [0.5, 0.6) is 0 Å². The molecule has 0 unspecified atom stereocenters. The number of nitrogens with zero attached hydrogens (tertiary/aromatic N) is 1. The summed E-state index contributed by atoms with van der Waals surface area (Å²) in [6, 6.07) is 13.3. The Bertz CT molecular complexity index is 994. The van der Waals surface area contributed by atoms with Crippen molar-refractivity contribution < 1.29 is 17.9 Å². The van der Waals surface area contributed by atoms with E-state index in [0.29, 0.717) is 10.9 Å². The van der Waals surface area contributed by atoms with Crippen LogP contribution in [0.25, 0.3) is 10.9 Å². The molecule has 5 nitrogen and oxygen atoms in total. The summed E-state index contributed by atoms with van der Waals surface area (Å²) < 4.78 is 32.5. The summed E-state index contributed by atoms with van der Waals surface area (Å²) in [4.78, 5) is 12.2. The maximum atomic E-state index is 12.9. The largest absolute Gasteiger partial charge is 0.465 e. The molecule has 23 heavy (non-hydrogen) atoms. The van der Waals surface area contributed by atoms with E-state index in [1.54, 1.807) is 30.3 Å². The van der Waals surface area contributed by atoms with Crippen LogP contribution in [0, 0.1) is 3.57 Å². The normalized spacial score (nSPS) is 11.6. The molecule has 3 aromatic rings. The molecule has 2 aromatic carbocycles. The summed E-state index contributed by atoms with van der Waals surface area (Å²) in [7, 11) is -2.53. The van der Waals surface area contributed by atoms with Gasteiger partial charge < -0.3 is 4.74 Å². The molecule has 0 saturated heterocycles. The first kappa shape index (κ1) is 16.0. The third kappa shape index (κ3) is 2.63. The maximum Gasteiger partial charge on any atom is 0.340 e. The summed E-state index contributed by atoms with van der Waals surface area (Å²) in [6.07, 6.45) is 1.32. The lowest BCUT2D eigenvalue weighted by Crippen LogP contribution is -2.12. The van der Waals surface area contributed by atoms with Gasteiger partial charge in [0.2, 0.25) is 0 Å². The van der Waals surface area contributed by atoms with Crippen molar-refractivity contribution in [3.05, 3.63) is 63.9 Å². The lowest BCUT2D eigenvalue weighted by atomic mass is 10.2.